The van der Waals surface area contributed by atoms with Crippen molar-refractivity contribution in [3.8, 4) is 5.75 Å². The molecule has 2 heterocycles. The first-order valence-corrected chi connectivity index (χ1v) is 11.2. The Labute approximate surface area is 202 Å². The van der Waals surface area contributed by atoms with Crippen molar-refractivity contribution in [1.29, 1.82) is 0 Å². The lowest BCUT2D eigenvalue weighted by atomic mass is 9.95. The van der Waals surface area contributed by atoms with Gasteiger partial charge in [-0.1, -0.05) is 36.4 Å². The molecule has 1 saturated heterocycles. The summed E-state index contributed by atoms with van der Waals surface area (Å²) in [6, 6.07) is 12.9. The summed E-state index contributed by atoms with van der Waals surface area (Å²) >= 11 is 6.06. The summed E-state index contributed by atoms with van der Waals surface area (Å²) in [5.41, 5.74) is 1.16. The zero-order chi connectivity index (χ0) is 24.1. The van der Waals surface area contributed by atoms with E-state index >= 15 is 0 Å². The van der Waals surface area contributed by atoms with E-state index in [0.29, 0.717) is 48.0 Å². The molecule has 1 aromatic heterocycles. The van der Waals surface area contributed by atoms with E-state index in [-0.39, 0.29) is 11.3 Å². The Morgan fingerprint density at radius 1 is 1.12 bits per heavy atom. The van der Waals surface area contributed by atoms with E-state index in [1.165, 1.54) is 4.90 Å². The summed E-state index contributed by atoms with van der Waals surface area (Å²) in [6.07, 6.45) is 7.48. The van der Waals surface area contributed by atoms with Crippen LogP contribution in [0, 0.1) is 0 Å². The number of halogens is 1. The van der Waals surface area contributed by atoms with E-state index in [2.05, 4.69) is 11.6 Å². The largest absolute Gasteiger partial charge is 0.507 e. The summed E-state index contributed by atoms with van der Waals surface area (Å²) < 4.78 is 7.39. The van der Waals surface area contributed by atoms with Gasteiger partial charge in [-0.25, -0.2) is 4.98 Å². The summed E-state index contributed by atoms with van der Waals surface area (Å²) in [4.78, 5) is 31.7. The van der Waals surface area contributed by atoms with Crippen molar-refractivity contribution >= 4 is 29.1 Å². The zero-order valence-corrected chi connectivity index (χ0v) is 19.2. The summed E-state index contributed by atoms with van der Waals surface area (Å²) in [6.45, 7) is 4.94. The summed E-state index contributed by atoms with van der Waals surface area (Å²) in [5, 5.41) is 11.7. The van der Waals surface area contributed by atoms with Crippen molar-refractivity contribution in [1.82, 2.24) is 14.5 Å². The Balaban J connectivity index is 1.68. The van der Waals surface area contributed by atoms with E-state index in [4.69, 9.17) is 16.3 Å². The van der Waals surface area contributed by atoms with Gasteiger partial charge in [0.25, 0.3) is 11.7 Å². The van der Waals surface area contributed by atoms with Crippen molar-refractivity contribution < 1.29 is 19.4 Å². The summed E-state index contributed by atoms with van der Waals surface area (Å²) in [5.74, 6) is -0.985. The van der Waals surface area contributed by atoms with Crippen LogP contribution in [0.3, 0.4) is 0 Å². The van der Waals surface area contributed by atoms with Gasteiger partial charge in [0, 0.05) is 36.1 Å². The highest BCUT2D eigenvalue weighted by atomic mass is 35.5. The third kappa shape index (κ3) is 4.89. The molecule has 1 unspecified atom stereocenters. The SMILES string of the molecule is C=CCOc1ccc(C(O)=C2C(=O)C(=O)N(CCCn3ccnc3)C2c2ccc(Cl)cc2)cc1. The fraction of sp³-hybridized carbons (Fsp3) is 0.192. The number of benzene rings is 2. The standard InChI is InChI=1S/C26H24ClN3O4/c1-2-16-34-21-10-6-19(7-11-21)24(31)22-23(18-4-8-20(27)9-5-18)30(26(33)25(22)32)14-3-13-29-15-12-28-17-29/h2,4-12,15,17,23,31H,1,3,13-14,16H2. The molecule has 4 rings (SSSR count). The number of hydrogen-bond acceptors (Lipinski definition) is 5. The van der Waals surface area contributed by atoms with E-state index in [1.54, 1.807) is 67.1 Å². The minimum atomic E-state index is -0.725. The number of carbonyl (C=O) groups excluding carboxylic acids is 2. The lowest BCUT2D eigenvalue weighted by Crippen LogP contribution is -2.31. The normalized spacial score (nSPS) is 17.2. The molecule has 1 fully saturated rings. The van der Waals surface area contributed by atoms with Gasteiger partial charge in [0.2, 0.25) is 0 Å². The maximum absolute atomic E-state index is 13.1. The molecule has 1 aliphatic heterocycles. The Morgan fingerprint density at radius 3 is 2.50 bits per heavy atom. The number of carbonyl (C=O) groups is 2. The third-order valence-corrected chi connectivity index (χ3v) is 5.85. The minimum Gasteiger partial charge on any atom is -0.507 e. The maximum Gasteiger partial charge on any atom is 0.295 e. The Morgan fingerprint density at radius 2 is 1.85 bits per heavy atom. The van der Waals surface area contributed by atoms with Gasteiger partial charge in [0.15, 0.2) is 0 Å². The second kappa shape index (κ2) is 10.4. The predicted molar refractivity (Wildman–Crippen MR) is 129 cm³/mol. The van der Waals surface area contributed by atoms with Crippen LogP contribution in [0.2, 0.25) is 5.02 Å². The average molecular weight is 478 g/mol. The number of rotatable bonds is 9. The molecule has 0 spiro atoms. The highest BCUT2D eigenvalue weighted by molar-refractivity contribution is 6.46. The summed E-state index contributed by atoms with van der Waals surface area (Å²) in [7, 11) is 0. The second-order valence-corrected chi connectivity index (χ2v) is 8.26. The molecule has 0 aliphatic carbocycles. The lowest BCUT2D eigenvalue weighted by molar-refractivity contribution is -0.139. The lowest BCUT2D eigenvalue weighted by Gasteiger charge is -2.25. The van der Waals surface area contributed by atoms with Crippen LogP contribution in [-0.4, -0.2) is 44.4 Å². The number of ether oxygens (including phenoxy) is 1. The fourth-order valence-corrected chi connectivity index (χ4v) is 4.09. The number of aromatic nitrogens is 2. The van der Waals surface area contributed by atoms with Crippen LogP contribution in [0.15, 0.2) is 85.5 Å². The molecule has 3 aromatic rings. The van der Waals surface area contributed by atoms with Crippen LogP contribution in [0.5, 0.6) is 5.75 Å². The van der Waals surface area contributed by atoms with E-state index < -0.39 is 17.7 Å². The second-order valence-electron chi connectivity index (χ2n) is 7.82. The molecule has 0 bridgehead atoms. The monoisotopic (exact) mass is 477 g/mol. The van der Waals surface area contributed by atoms with Crippen LogP contribution in [-0.2, 0) is 16.1 Å². The molecule has 7 nitrogen and oxygen atoms in total. The van der Waals surface area contributed by atoms with Gasteiger partial charge in [0.05, 0.1) is 17.9 Å². The fourth-order valence-electron chi connectivity index (χ4n) is 3.96. The van der Waals surface area contributed by atoms with Crippen LogP contribution in [0.25, 0.3) is 5.76 Å². The molecule has 1 amide bonds. The first-order valence-electron chi connectivity index (χ1n) is 10.8. The molecule has 8 heteroatoms. The van der Waals surface area contributed by atoms with Crippen LogP contribution >= 0.6 is 11.6 Å². The predicted octanol–water partition coefficient (Wildman–Crippen LogP) is 4.61. The third-order valence-electron chi connectivity index (χ3n) is 5.60. The van der Waals surface area contributed by atoms with E-state index in [0.717, 1.165) is 0 Å². The van der Waals surface area contributed by atoms with Gasteiger partial charge in [0.1, 0.15) is 18.1 Å². The number of aryl methyl sites for hydroxylation is 1. The molecule has 1 atom stereocenters. The number of nitrogens with zero attached hydrogens (tertiary/aromatic N) is 3. The van der Waals surface area contributed by atoms with Crippen LogP contribution in [0.4, 0.5) is 0 Å². The molecular formula is C26H24ClN3O4. The highest BCUT2D eigenvalue weighted by Crippen LogP contribution is 2.40. The highest BCUT2D eigenvalue weighted by Gasteiger charge is 2.45. The Bertz CT molecular complexity index is 1200. The van der Waals surface area contributed by atoms with Gasteiger partial charge in [-0.05, 0) is 48.4 Å². The number of ketones is 1. The van der Waals surface area contributed by atoms with Gasteiger partial charge in [-0.3, -0.25) is 9.59 Å². The van der Waals surface area contributed by atoms with Crippen molar-refractivity contribution in [3.05, 3.63) is 102 Å². The number of Topliss-reactive ketones (excluding diaryl/α,β-unsaturated/α-hetero) is 1. The minimum absolute atomic E-state index is 0.0507. The van der Waals surface area contributed by atoms with Crippen molar-refractivity contribution in [2.45, 2.75) is 19.0 Å². The molecule has 0 saturated carbocycles. The van der Waals surface area contributed by atoms with E-state index in [1.807, 2.05) is 10.8 Å². The number of likely N-dealkylation sites (tertiary alicyclic amines) is 1. The van der Waals surface area contributed by atoms with E-state index in [9.17, 15) is 14.7 Å². The first-order chi connectivity index (χ1) is 16.5. The molecule has 34 heavy (non-hydrogen) atoms. The number of hydrogen-bond donors (Lipinski definition) is 1. The first kappa shape index (κ1) is 23.3. The van der Waals surface area contributed by atoms with Gasteiger partial charge in [-0.15, -0.1) is 0 Å². The Hall–Kier alpha value is -3.84. The average Bonchev–Trinajstić information content (AvgIpc) is 3.45. The molecular weight excluding hydrogens is 454 g/mol. The number of aliphatic hydroxyl groups excluding tert-OH is 1. The molecule has 1 aliphatic rings. The van der Waals surface area contributed by atoms with Crippen molar-refractivity contribution in [2.75, 3.05) is 13.2 Å². The Kier molecular flexibility index (Phi) is 7.13. The molecule has 174 valence electrons. The van der Waals surface area contributed by atoms with Crippen molar-refractivity contribution in [2.24, 2.45) is 0 Å². The molecule has 0 radical (unpaired) electrons. The van der Waals surface area contributed by atoms with Crippen LogP contribution < -0.4 is 4.74 Å². The van der Waals surface area contributed by atoms with Gasteiger partial charge >= 0.3 is 0 Å². The number of amides is 1. The molecule has 2 aromatic carbocycles. The number of imidazole rings is 1. The van der Waals surface area contributed by atoms with Gasteiger partial charge < -0.3 is 19.3 Å². The quantitative estimate of drug-likeness (QED) is 0.210. The topological polar surface area (TPSA) is 84.7 Å². The van der Waals surface area contributed by atoms with Crippen molar-refractivity contribution in [3.63, 3.8) is 0 Å². The van der Waals surface area contributed by atoms with Crippen LogP contribution in [0.1, 0.15) is 23.6 Å². The van der Waals surface area contributed by atoms with Gasteiger partial charge in [-0.2, -0.15) is 0 Å². The molecule has 1 N–H and O–H groups in total. The smallest absolute Gasteiger partial charge is 0.295 e. The zero-order valence-electron chi connectivity index (χ0n) is 18.4. The maximum atomic E-state index is 13.1. The number of aliphatic hydroxyl groups is 1.